The molecule has 6 nitrogen and oxygen atoms in total. The molecule has 2 aromatic rings. The Morgan fingerprint density at radius 1 is 1.43 bits per heavy atom. The number of carbonyl (C=O) groups excluding carboxylic acids is 1. The van der Waals surface area contributed by atoms with Gasteiger partial charge in [0.25, 0.3) is 5.91 Å². The second-order valence-electron chi connectivity index (χ2n) is 4.00. The Labute approximate surface area is 128 Å². The van der Waals surface area contributed by atoms with E-state index in [0.29, 0.717) is 10.2 Å². The van der Waals surface area contributed by atoms with Gasteiger partial charge in [-0.3, -0.25) is 4.79 Å². The number of pyridine rings is 1. The molecule has 21 heavy (non-hydrogen) atoms. The molecule has 0 fully saturated rings. The SMILES string of the molecule is COc1cc(NC(=O)c2cc(Br)cnc2NN)ccc1F. The second-order valence-corrected chi connectivity index (χ2v) is 4.91. The zero-order chi connectivity index (χ0) is 15.4. The molecule has 1 aromatic heterocycles. The third kappa shape index (κ3) is 3.47. The molecule has 4 N–H and O–H groups in total. The van der Waals surface area contributed by atoms with Gasteiger partial charge in [0.05, 0.1) is 12.7 Å². The molecule has 0 saturated heterocycles. The summed E-state index contributed by atoms with van der Waals surface area (Å²) < 4.78 is 18.8. The molecule has 0 aliphatic heterocycles. The number of anilines is 2. The number of hydrazine groups is 1. The van der Waals surface area contributed by atoms with Crippen LogP contribution in [-0.4, -0.2) is 18.0 Å². The molecule has 0 saturated carbocycles. The lowest BCUT2D eigenvalue weighted by Gasteiger charge is -2.10. The zero-order valence-electron chi connectivity index (χ0n) is 11.0. The van der Waals surface area contributed by atoms with Gasteiger partial charge in [-0.05, 0) is 34.1 Å². The van der Waals surface area contributed by atoms with Crippen LogP contribution in [0.2, 0.25) is 0 Å². The smallest absolute Gasteiger partial charge is 0.259 e. The van der Waals surface area contributed by atoms with E-state index in [4.69, 9.17) is 10.6 Å². The Hall–Kier alpha value is -2.19. The van der Waals surface area contributed by atoms with Gasteiger partial charge in [-0.1, -0.05) is 0 Å². The van der Waals surface area contributed by atoms with E-state index in [1.165, 1.54) is 31.5 Å². The summed E-state index contributed by atoms with van der Waals surface area (Å²) in [4.78, 5) is 16.2. The van der Waals surface area contributed by atoms with Crippen molar-refractivity contribution in [3.8, 4) is 5.75 Å². The van der Waals surface area contributed by atoms with E-state index in [-0.39, 0.29) is 17.1 Å². The Morgan fingerprint density at radius 2 is 2.19 bits per heavy atom. The number of aromatic nitrogens is 1. The third-order valence-electron chi connectivity index (χ3n) is 2.64. The normalized spacial score (nSPS) is 10.1. The molecular formula is C13H12BrFN4O2. The van der Waals surface area contributed by atoms with Gasteiger partial charge in [0.2, 0.25) is 0 Å². The van der Waals surface area contributed by atoms with E-state index in [0.717, 1.165) is 0 Å². The topological polar surface area (TPSA) is 89.3 Å². The number of nitrogens with zero attached hydrogens (tertiary/aromatic N) is 1. The summed E-state index contributed by atoms with van der Waals surface area (Å²) in [5.74, 6) is 4.64. The number of rotatable bonds is 4. The molecule has 0 aliphatic carbocycles. The van der Waals surface area contributed by atoms with Crippen molar-refractivity contribution in [2.45, 2.75) is 0 Å². The molecule has 0 bridgehead atoms. The molecule has 0 unspecified atom stereocenters. The van der Waals surface area contributed by atoms with Crippen LogP contribution in [0.25, 0.3) is 0 Å². The van der Waals surface area contributed by atoms with Crippen molar-refractivity contribution in [3.63, 3.8) is 0 Å². The number of nitrogens with one attached hydrogen (secondary N) is 2. The molecule has 1 amide bonds. The first kappa shape index (κ1) is 15.2. The van der Waals surface area contributed by atoms with E-state index in [9.17, 15) is 9.18 Å². The van der Waals surface area contributed by atoms with Gasteiger partial charge in [0.15, 0.2) is 17.4 Å². The van der Waals surface area contributed by atoms with Gasteiger partial charge in [-0.25, -0.2) is 15.2 Å². The van der Waals surface area contributed by atoms with Crippen LogP contribution in [0.15, 0.2) is 34.9 Å². The van der Waals surface area contributed by atoms with Crippen LogP contribution >= 0.6 is 15.9 Å². The van der Waals surface area contributed by atoms with Gasteiger partial charge in [-0.2, -0.15) is 0 Å². The molecule has 8 heteroatoms. The first-order valence-corrected chi connectivity index (χ1v) is 6.61. The van der Waals surface area contributed by atoms with E-state index in [2.05, 4.69) is 31.7 Å². The Balaban J connectivity index is 2.28. The molecule has 0 radical (unpaired) electrons. The van der Waals surface area contributed by atoms with Gasteiger partial charge in [0.1, 0.15) is 0 Å². The number of halogens is 2. The van der Waals surface area contributed by atoms with Crippen molar-refractivity contribution in [2.75, 3.05) is 17.9 Å². The van der Waals surface area contributed by atoms with Crippen molar-refractivity contribution in [2.24, 2.45) is 5.84 Å². The van der Waals surface area contributed by atoms with Crippen molar-refractivity contribution < 1.29 is 13.9 Å². The van der Waals surface area contributed by atoms with Crippen LogP contribution in [0, 0.1) is 5.82 Å². The van der Waals surface area contributed by atoms with Gasteiger partial charge in [-0.15, -0.1) is 0 Å². The average Bonchev–Trinajstić information content (AvgIpc) is 2.49. The maximum Gasteiger partial charge on any atom is 0.259 e. The first-order chi connectivity index (χ1) is 10.0. The number of methoxy groups -OCH3 is 1. The van der Waals surface area contributed by atoms with Crippen LogP contribution in [0.3, 0.4) is 0 Å². The lowest BCUT2D eigenvalue weighted by atomic mass is 10.2. The average molecular weight is 355 g/mol. The number of benzene rings is 1. The summed E-state index contributed by atoms with van der Waals surface area (Å²) in [6.07, 6.45) is 1.51. The van der Waals surface area contributed by atoms with E-state index in [1.807, 2.05) is 0 Å². The maximum absolute atomic E-state index is 13.3. The Kier molecular flexibility index (Phi) is 4.71. The Bertz CT molecular complexity index is 681. The summed E-state index contributed by atoms with van der Waals surface area (Å²) in [7, 11) is 1.35. The highest BCUT2D eigenvalue weighted by atomic mass is 79.9. The summed E-state index contributed by atoms with van der Waals surface area (Å²) in [6.45, 7) is 0. The number of ether oxygens (including phenoxy) is 1. The summed E-state index contributed by atoms with van der Waals surface area (Å²) >= 11 is 3.23. The quantitative estimate of drug-likeness (QED) is 0.579. The Morgan fingerprint density at radius 3 is 2.86 bits per heavy atom. The highest BCUT2D eigenvalue weighted by molar-refractivity contribution is 9.10. The van der Waals surface area contributed by atoms with Gasteiger partial charge in [0, 0.05) is 22.4 Å². The molecular weight excluding hydrogens is 343 g/mol. The largest absolute Gasteiger partial charge is 0.494 e. The highest BCUT2D eigenvalue weighted by Gasteiger charge is 2.14. The fourth-order valence-electron chi connectivity index (χ4n) is 1.66. The van der Waals surface area contributed by atoms with Crippen molar-refractivity contribution >= 4 is 33.3 Å². The fourth-order valence-corrected chi connectivity index (χ4v) is 1.99. The number of hydrogen-bond donors (Lipinski definition) is 3. The maximum atomic E-state index is 13.3. The second kappa shape index (κ2) is 6.51. The first-order valence-electron chi connectivity index (χ1n) is 5.82. The molecule has 0 atom stereocenters. The van der Waals surface area contributed by atoms with Crippen LogP contribution in [-0.2, 0) is 0 Å². The molecule has 0 aliphatic rings. The third-order valence-corrected chi connectivity index (χ3v) is 3.08. The van der Waals surface area contributed by atoms with Crippen molar-refractivity contribution in [3.05, 3.63) is 46.3 Å². The fraction of sp³-hybridized carbons (Fsp3) is 0.0769. The summed E-state index contributed by atoms with van der Waals surface area (Å²) in [5, 5.41) is 2.62. The minimum absolute atomic E-state index is 0.0392. The number of amides is 1. The predicted octanol–water partition coefficient (Wildman–Crippen LogP) is 2.53. The molecule has 1 heterocycles. The van der Waals surface area contributed by atoms with Crippen LogP contribution in [0.5, 0.6) is 5.75 Å². The monoisotopic (exact) mass is 354 g/mol. The number of nitrogens with two attached hydrogens (primary N) is 1. The number of carbonyl (C=O) groups is 1. The highest BCUT2D eigenvalue weighted by Crippen LogP contribution is 2.23. The predicted molar refractivity (Wildman–Crippen MR) is 80.7 cm³/mol. The van der Waals surface area contributed by atoms with E-state index in [1.54, 1.807) is 6.07 Å². The lowest BCUT2D eigenvalue weighted by Crippen LogP contribution is -2.18. The minimum Gasteiger partial charge on any atom is -0.494 e. The number of nitrogen functional groups attached to an aromatic ring is 1. The standard InChI is InChI=1S/C13H12BrFN4O2/c1-21-11-5-8(2-3-10(11)15)18-13(20)9-4-7(14)6-17-12(9)19-16/h2-6H,16H2,1H3,(H,17,19)(H,18,20). The molecule has 1 aromatic carbocycles. The molecule has 0 spiro atoms. The van der Waals surface area contributed by atoms with E-state index < -0.39 is 11.7 Å². The van der Waals surface area contributed by atoms with Crippen molar-refractivity contribution in [1.29, 1.82) is 0 Å². The van der Waals surface area contributed by atoms with Gasteiger partial charge < -0.3 is 15.5 Å². The van der Waals surface area contributed by atoms with Gasteiger partial charge >= 0.3 is 0 Å². The van der Waals surface area contributed by atoms with Crippen LogP contribution < -0.4 is 21.3 Å². The van der Waals surface area contributed by atoms with Crippen LogP contribution in [0.4, 0.5) is 15.9 Å². The minimum atomic E-state index is -0.510. The molecule has 110 valence electrons. The summed E-state index contributed by atoms with van der Waals surface area (Å²) in [5.41, 5.74) is 2.98. The zero-order valence-corrected chi connectivity index (χ0v) is 12.6. The molecule has 2 rings (SSSR count). The van der Waals surface area contributed by atoms with E-state index >= 15 is 0 Å². The summed E-state index contributed by atoms with van der Waals surface area (Å²) in [6, 6.07) is 5.58. The van der Waals surface area contributed by atoms with Crippen LogP contribution in [0.1, 0.15) is 10.4 Å². The lowest BCUT2D eigenvalue weighted by molar-refractivity contribution is 0.102. The number of hydrogen-bond acceptors (Lipinski definition) is 5. The van der Waals surface area contributed by atoms with Crippen molar-refractivity contribution in [1.82, 2.24) is 4.98 Å².